The molecule has 242 valence electrons. The summed E-state index contributed by atoms with van der Waals surface area (Å²) < 4.78 is 1.25. The molecule has 1 aliphatic carbocycles. The Morgan fingerprint density at radius 1 is 1.00 bits per heavy atom. The van der Waals surface area contributed by atoms with Gasteiger partial charge in [-0.05, 0) is 85.6 Å². The lowest BCUT2D eigenvalue weighted by Gasteiger charge is -2.29. The van der Waals surface area contributed by atoms with Crippen LogP contribution in [0, 0.1) is 28.9 Å². The number of aromatic nitrogens is 1. The molecule has 4 aromatic rings. The predicted octanol–water partition coefficient (Wildman–Crippen LogP) is 6.83. The third-order valence-corrected chi connectivity index (χ3v) is 11.5. The molecule has 1 N–H and O–H groups in total. The molecule has 0 bridgehead atoms. The van der Waals surface area contributed by atoms with E-state index in [2.05, 4.69) is 10.3 Å². The number of nitro groups is 1. The number of hydrogen-bond acceptors (Lipinski definition) is 10. The zero-order valence-electron chi connectivity index (χ0n) is 25.1. The number of carbonyl (C=O) groups excluding carboxylic acids is 4. The van der Waals surface area contributed by atoms with E-state index < -0.39 is 16.7 Å². The van der Waals surface area contributed by atoms with Crippen molar-refractivity contribution in [3.63, 3.8) is 0 Å². The molecule has 1 aromatic heterocycles. The van der Waals surface area contributed by atoms with Gasteiger partial charge in [0.15, 0.2) is 9.45 Å². The van der Waals surface area contributed by atoms with Crippen LogP contribution in [0.5, 0.6) is 0 Å². The van der Waals surface area contributed by atoms with Crippen molar-refractivity contribution in [1.29, 1.82) is 0 Å². The number of amides is 4. The second kappa shape index (κ2) is 12.5. The molecule has 3 heterocycles. The van der Waals surface area contributed by atoms with E-state index in [1.807, 2.05) is 6.92 Å². The Balaban J connectivity index is 1.15. The SMILES string of the molecule is Cc1ccc(N2C(=O)/C(=C/c3ccc(Sc4nc5ccc(N6C(=O)[C@@H]7CCCC[C@H]7C6=O)cc5s4)c([N+](=O)[O-])c3)C(=O)NC2=S)cc1Cl. The van der Waals surface area contributed by atoms with Crippen LogP contribution in [0.25, 0.3) is 16.3 Å². The van der Waals surface area contributed by atoms with E-state index in [9.17, 15) is 29.3 Å². The summed E-state index contributed by atoms with van der Waals surface area (Å²) in [6, 6.07) is 14.5. The molecule has 11 nitrogen and oxygen atoms in total. The summed E-state index contributed by atoms with van der Waals surface area (Å²) in [5.74, 6) is -2.27. The largest absolute Gasteiger partial charge is 0.298 e. The van der Waals surface area contributed by atoms with Crippen LogP contribution in [0.15, 0.2) is 69.4 Å². The molecule has 7 rings (SSSR count). The van der Waals surface area contributed by atoms with Gasteiger partial charge in [-0.15, -0.1) is 11.3 Å². The maximum Gasteiger partial charge on any atom is 0.283 e. The highest BCUT2D eigenvalue weighted by molar-refractivity contribution is 8.01. The highest BCUT2D eigenvalue weighted by atomic mass is 35.5. The molecule has 4 amide bonds. The third-order valence-electron chi connectivity index (χ3n) is 8.65. The molecule has 2 atom stereocenters. The highest BCUT2D eigenvalue weighted by Gasteiger charge is 2.48. The number of thiocarbonyl (C=S) groups is 1. The molecular formula is C33H24ClN5O6S3. The molecule has 3 aromatic carbocycles. The zero-order chi connectivity index (χ0) is 33.9. The second-order valence-electron chi connectivity index (χ2n) is 11.6. The third kappa shape index (κ3) is 5.68. The number of rotatable bonds is 6. The van der Waals surface area contributed by atoms with Gasteiger partial charge in [0.25, 0.3) is 17.5 Å². The molecule has 15 heteroatoms. The first-order valence-electron chi connectivity index (χ1n) is 14.9. The number of thiazole rings is 1. The Morgan fingerprint density at radius 3 is 2.38 bits per heavy atom. The topological polar surface area (TPSA) is 143 Å². The number of carbonyl (C=O) groups is 4. The molecule has 48 heavy (non-hydrogen) atoms. The van der Waals surface area contributed by atoms with E-state index in [1.54, 1.807) is 42.5 Å². The standard InChI is InChI=1S/C33H24ClN5O6S3/c1-16-6-8-18(14-23(16)34)38-31(43)22(28(40)36-32(38)46)12-17-7-11-26(25(13-17)39(44)45)47-33-35-24-10-9-19(15-27(24)48-33)37-29(41)20-4-2-3-5-21(20)30(37)42/h6-15,20-21H,2-5H2,1H3,(H,36,40,46)/b22-12+/t20-,21-/m1/s1. The van der Waals surface area contributed by atoms with Crippen molar-refractivity contribution in [3.8, 4) is 0 Å². The minimum atomic E-state index is -0.731. The Kier molecular flexibility index (Phi) is 8.36. The molecule has 3 fully saturated rings. The molecule has 0 spiro atoms. The van der Waals surface area contributed by atoms with Gasteiger partial charge in [-0.2, -0.15) is 0 Å². The van der Waals surface area contributed by atoms with Crippen molar-refractivity contribution in [2.24, 2.45) is 11.8 Å². The summed E-state index contributed by atoms with van der Waals surface area (Å²) in [5.41, 5.74) is 2.05. The van der Waals surface area contributed by atoms with Crippen LogP contribution in [-0.4, -0.2) is 38.6 Å². The first-order valence-corrected chi connectivity index (χ1v) is 17.3. The van der Waals surface area contributed by atoms with E-state index >= 15 is 0 Å². The van der Waals surface area contributed by atoms with Gasteiger partial charge in [-0.3, -0.25) is 44.4 Å². The quantitative estimate of drug-likeness (QED) is 0.0567. The van der Waals surface area contributed by atoms with Crippen molar-refractivity contribution in [2.45, 2.75) is 41.8 Å². The fourth-order valence-corrected chi connectivity index (χ4v) is 8.82. The zero-order valence-corrected chi connectivity index (χ0v) is 28.3. The summed E-state index contributed by atoms with van der Waals surface area (Å²) in [6.07, 6.45) is 4.61. The average Bonchev–Trinajstić information content (AvgIpc) is 3.57. The van der Waals surface area contributed by atoms with Gasteiger partial charge in [0, 0.05) is 11.1 Å². The number of fused-ring (bicyclic) bond motifs is 2. The van der Waals surface area contributed by atoms with Crippen LogP contribution < -0.4 is 15.1 Å². The van der Waals surface area contributed by atoms with Gasteiger partial charge in [-0.1, -0.05) is 48.3 Å². The monoisotopic (exact) mass is 717 g/mol. The highest BCUT2D eigenvalue weighted by Crippen LogP contribution is 2.43. The van der Waals surface area contributed by atoms with Crippen molar-refractivity contribution in [1.82, 2.24) is 10.3 Å². The van der Waals surface area contributed by atoms with Crippen LogP contribution in [0.4, 0.5) is 17.1 Å². The van der Waals surface area contributed by atoms with E-state index in [0.717, 1.165) is 52.6 Å². The lowest BCUT2D eigenvalue weighted by molar-refractivity contribution is -0.387. The normalized spacial score (nSPS) is 20.5. The van der Waals surface area contributed by atoms with Crippen LogP contribution >= 0.6 is 46.9 Å². The van der Waals surface area contributed by atoms with Gasteiger partial charge >= 0.3 is 0 Å². The number of imide groups is 1. The predicted molar refractivity (Wildman–Crippen MR) is 187 cm³/mol. The maximum absolute atomic E-state index is 13.5. The smallest absolute Gasteiger partial charge is 0.283 e. The van der Waals surface area contributed by atoms with Crippen LogP contribution in [0.1, 0.15) is 36.8 Å². The van der Waals surface area contributed by atoms with Crippen molar-refractivity contribution < 1.29 is 24.1 Å². The molecule has 3 aliphatic rings. The first kappa shape index (κ1) is 32.1. The van der Waals surface area contributed by atoms with Crippen LogP contribution in [0.3, 0.4) is 0 Å². The Labute approximate surface area is 292 Å². The van der Waals surface area contributed by atoms with Crippen molar-refractivity contribution in [3.05, 3.63) is 86.4 Å². The second-order valence-corrected chi connectivity index (χ2v) is 14.7. The van der Waals surface area contributed by atoms with Crippen LogP contribution in [-0.2, 0) is 19.2 Å². The number of nitrogens with zero attached hydrogens (tertiary/aromatic N) is 4. The lowest BCUT2D eigenvalue weighted by atomic mass is 9.81. The summed E-state index contributed by atoms with van der Waals surface area (Å²) in [5, 5.41) is 15.0. The van der Waals surface area contributed by atoms with Crippen molar-refractivity contribution >= 4 is 109 Å². The minimum Gasteiger partial charge on any atom is -0.298 e. The number of aryl methyl sites for hydroxylation is 1. The summed E-state index contributed by atoms with van der Waals surface area (Å²) in [4.78, 5) is 71.5. The summed E-state index contributed by atoms with van der Waals surface area (Å²) >= 11 is 13.9. The molecule has 2 aliphatic heterocycles. The van der Waals surface area contributed by atoms with Gasteiger partial charge in [-0.25, -0.2) is 4.98 Å². The van der Waals surface area contributed by atoms with E-state index in [4.69, 9.17) is 23.8 Å². The average molecular weight is 718 g/mol. The van der Waals surface area contributed by atoms with Gasteiger partial charge in [0.1, 0.15) is 5.57 Å². The number of nitro benzene ring substituents is 1. The number of halogens is 1. The van der Waals surface area contributed by atoms with Crippen LogP contribution in [0.2, 0.25) is 5.02 Å². The molecule has 1 saturated carbocycles. The van der Waals surface area contributed by atoms with Crippen molar-refractivity contribution in [2.75, 3.05) is 9.80 Å². The molecule has 0 unspecified atom stereocenters. The molecular weight excluding hydrogens is 694 g/mol. The maximum atomic E-state index is 13.5. The van der Waals surface area contributed by atoms with Gasteiger partial charge in [0.05, 0.1) is 43.2 Å². The van der Waals surface area contributed by atoms with Gasteiger partial charge in [0.2, 0.25) is 11.8 Å². The Bertz CT molecular complexity index is 2120. The fraction of sp³-hybridized carbons (Fsp3) is 0.212. The van der Waals surface area contributed by atoms with E-state index in [-0.39, 0.29) is 45.6 Å². The number of anilines is 2. The number of nitrogens with one attached hydrogen (secondary N) is 1. The summed E-state index contributed by atoms with van der Waals surface area (Å²) in [7, 11) is 0. The van der Waals surface area contributed by atoms with E-state index in [1.165, 1.54) is 34.4 Å². The minimum absolute atomic E-state index is 0.112. The van der Waals surface area contributed by atoms with E-state index in [0.29, 0.717) is 31.1 Å². The Morgan fingerprint density at radius 2 is 1.69 bits per heavy atom. The van der Waals surface area contributed by atoms with Gasteiger partial charge < -0.3 is 0 Å². The first-order chi connectivity index (χ1) is 23.0. The summed E-state index contributed by atoms with van der Waals surface area (Å²) in [6.45, 7) is 1.81. The Hall–Kier alpha value is -4.50. The lowest BCUT2D eigenvalue weighted by Crippen LogP contribution is -2.54. The number of benzene rings is 3. The fourth-order valence-electron chi connectivity index (χ4n) is 6.22. The molecule has 2 saturated heterocycles. The molecule has 0 radical (unpaired) electrons. The number of hydrogen-bond donors (Lipinski definition) is 1.